The van der Waals surface area contributed by atoms with Crippen molar-refractivity contribution < 1.29 is 18.3 Å². The molecule has 0 bridgehead atoms. The molecule has 0 saturated heterocycles. The molecule has 0 saturated carbocycles. The summed E-state index contributed by atoms with van der Waals surface area (Å²) in [7, 11) is 0. The average Bonchev–Trinajstić information content (AvgIpc) is 2.02. The van der Waals surface area contributed by atoms with Gasteiger partial charge < -0.3 is 5.11 Å². The molecule has 2 nitrogen and oxygen atoms in total. The summed E-state index contributed by atoms with van der Waals surface area (Å²) < 4.78 is 36.0. The highest BCUT2D eigenvalue weighted by Crippen LogP contribution is 2.35. The lowest BCUT2D eigenvalue weighted by atomic mass is 10.1. The van der Waals surface area contributed by atoms with Gasteiger partial charge in [0.1, 0.15) is 0 Å². The number of hydrogen-bond acceptors (Lipinski definition) is 2. The highest BCUT2D eigenvalue weighted by molar-refractivity contribution is 6.31. The van der Waals surface area contributed by atoms with Gasteiger partial charge >= 0.3 is 6.18 Å². The van der Waals surface area contributed by atoms with Crippen LogP contribution in [-0.2, 0) is 0 Å². The summed E-state index contributed by atoms with van der Waals surface area (Å²) in [6.45, 7) is 0. The Bertz CT molecular complexity index is 302. The van der Waals surface area contributed by atoms with E-state index in [4.69, 9.17) is 16.7 Å². The molecule has 0 aliphatic rings. The molecule has 0 aliphatic heterocycles. The minimum Gasteiger partial charge on any atom is -0.379 e. The third-order valence-corrected chi connectivity index (χ3v) is 1.72. The molecule has 6 heteroatoms. The smallest absolute Gasteiger partial charge is 0.379 e. The molecule has 1 aromatic rings. The summed E-state index contributed by atoms with van der Waals surface area (Å²) in [5, 5.41) is 8.60. The van der Waals surface area contributed by atoms with E-state index in [2.05, 4.69) is 4.98 Å². The van der Waals surface area contributed by atoms with Crippen LogP contribution in [0.5, 0.6) is 0 Å². The molecule has 1 aromatic heterocycles. The molecule has 0 aromatic carbocycles. The summed E-state index contributed by atoms with van der Waals surface area (Å²) in [6, 6.07) is 1.03. The third kappa shape index (κ3) is 2.32. The Labute approximate surface area is 77.0 Å². The summed E-state index contributed by atoms with van der Waals surface area (Å²) >= 11 is 5.40. The fourth-order valence-corrected chi connectivity index (χ4v) is 1.01. The first-order chi connectivity index (χ1) is 5.93. The van der Waals surface area contributed by atoms with Crippen LogP contribution >= 0.6 is 11.6 Å². The molecule has 1 heterocycles. The Kier molecular flexibility index (Phi) is 2.77. The van der Waals surface area contributed by atoms with E-state index in [9.17, 15) is 13.2 Å². The zero-order chi connectivity index (χ0) is 10.1. The van der Waals surface area contributed by atoms with Crippen LogP contribution in [0.2, 0.25) is 5.02 Å². The van der Waals surface area contributed by atoms with Gasteiger partial charge in [-0.2, -0.15) is 13.2 Å². The second-order valence-electron chi connectivity index (χ2n) is 2.34. The number of aliphatic hydroxyl groups is 1. The molecular weight excluding hydrogens is 207 g/mol. The number of halogens is 4. The second-order valence-corrected chi connectivity index (χ2v) is 2.75. The van der Waals surface area contributed by atoms with Gasteiger partial charge in [-0.1, -0.05) is 11.6 Å². The molecule has 0 unspecified atom stereocenters. The van der Waals surface area contributed by atoms with Crippen LogP contribution in [0.4, 0.5) is 13.2 Å². The van der Waals surface area contributed by atoms with Gasteiger partial charge in [0.15, 0.2) is 6.10 Å². The normalized spacial score (nSPS) is 14.2. The molecule has 0 aliphatic carbocycles. The maximum absolute atomic E-state index is 12.0. The minimum atomic E-state index is -4.70. The van der Waals surface area contributed by atoms with E-state index in [0.29, 0.717) is 0 Å². The standard InChI is InChI=1S/C7H5ClF3NO/c8-5-3-12-2-1-4(5)6(13)7(9,10)11/h1-3,6,13H/t6-/m0/s1. The number of alkyl halides is 3. The maximum atomic E-state index is 12.0. The van der Waals surface area contributed by atoms with Gasteiger partial charge in [-0.05, 0) is 6.07 Å². The highest BCUT2D eigenvalue weighted by atomic mass is 35.5. The molecule has 72 valence electrons. The molecule has 0 spiro atoms. The van der Waals surface area contributed by atoms with E-state index in [1.807, 2.05) is 0 Å². The summed E-state index contributed by atoms with van der Waals surface area (Å²) in [5.41, 5.74) is -0.385. The Morgan fingerprint density at radius 2 is 2.08 bits per heavy atom. The number of hydrogen-bond donors (Lipinski definition) is 1. The minimum absolute atomic E-state index is 0.202. The topological polar surface area (TPSA) is 33.1 Å². The molecule has 0 fully saturated rings. The van der Waals surface area contributed by atoms with Gasteiger partial charge in [0, 0.05) is 18.0 Å². The monoisotopic (exact) mass is 211 g/mol. The van der Waals surface area contributed by atoms with Gasteiger partial charge in [0.05, 0.1) is 5.02 Å². The van der Waals surface area contributed by atoms with Crippen molar-refractivity contribution in [2.45, 2.75) is 12.3 Å². The molecule has 0 amide bonds. The zero-order valence-corrected chi connectivity index (χ0v) is 6.97. The number of nitrogens with zero attached hydrogens (tertiary/aromatic N) is 1. The number of aliphatic hydroxyl groups excluding tert-OH is 1. The molecule has 1 atom stereocenters. The van der Waals surface area contributed by atoms with Crippen molar-refractivity contribution >= 4 is 11.6 Å². The highest BCUT2D eigenvalue weighted by Gasteiger charge is 2.40. The van der Waals surface area contributed by atoms with Gasteiger partial charge in [-0.3, -0.25) is 4.98 Å². The predicted molar refractivity (Wildman–Crippen MR) is 40.3 cm³/mol. The second kappa shape index (κ2) is 3.51. The fourth-order valence-electron chi connectivity index (χ4n) is 0.784. The van der Waals surface area contributed by atoms with Gasteiger partial charge in [-0.25, -0.2) is 0 Å². The maximum Gasteiger partial charge on any atom is 0.418 e. The Morgan fingerprint density at radius 1 is 1.46 bits per heavy atom. The zero-order valence-electron chi connectivity index (χ0n) is 6.22. The van der Waals surface area contributed by atoms with Crippen LogP contribution in [0.1, 0.15) is 11.7 Å². The quantitative estimate of drug-likeness (QED) is 0.774. The molecule has 13 heavy (non-hydrogen) atoms. The van der Waals surface area contributed by atoms with E-state index >= 15 is 0 Å². The van der Waals surface area contributed by atoms with Gasteiger partial charge in [0.2, 0.25) is 0 Å². The Morgan fingerprint density at radius 3 is 2.54 bits per heavy atom. The van der Waals surface area contributed by atoms with Crippen molar-refractivity contribution in [3.05, 3.63) is 29.0 Å². The van der Waals surface area contributed by atoms with Crippen molar-refractivity contribution in [1.82, 2.24) is 4.98 Å². The first-order valence-electron chi connectivity index (χ1n) is 3.27. The lowest BCUT2D eigenvalue weighted by Gasteiger charge is -2.15. The van der Waals surface area contributed by atoms with E-state index in [-0.39, 0.29) is 10.6 Å². The van der Waals surface area contributed by atoms with E-state index < -0.39 is 12.3 Å². The molecular formula is C7H5ClF3NO. The lowest BCUT2D eigenvalue weighted by Crippen LogP contribution is -2.20. The Balaban J connectivity index is 3.02. The SMILES string of the molecule is O[C@@H](c1ccncc1Cl)C(F)(F)F. The first kappa shape index (κ1) is 10.3. The van der Waals surface area contributed by atoms with Crippen LogP contribution < -0.4 is 0 Å². The lowest BCUT2D eigenvalue weighted by molar-refractivity contribution is -0.206. The van der Waals surface area contributed by atoms with E-state index in [0.717, 1.165) is 18.5 Å². The average molecular weight is 212 g/mol. The largest absolute Gasteiger partial charge is 0.418 e. The van der Waals surface area contributed by atoms with Crippen molar-refractivity contribution in [3.63, 3.8) is 0 Å². The van der Waals surface area contributed by atoms with Crippen LogP contribution in [0.15, 0.2) is 18.5 Å². The summed E-state index contributed by atoms with van der Waals surface area (Å²) in [4.78, 5) is 3.50. The Hall–Kier alpha value is -0.810. The van der Waals surface area contributed by atoms with Crippen molar-refractivity contribution in [1.29, 1.82) is 0 Å². The van der Waals surface area contributed by atoms with Crippen LogP contribution in [0.25, 0.3) is 0 Å². The molecule has 1 rings (SSSR count). The van der Waals surface area contributed by atoms with Crippen molar-refractivity contribution in [2.24, 2.45) is 0 Å². The molecule has 1 N–H and O–H groups in total. The summed E-state index contributed by atoms with van der Waals surface area (Å²) in [5.74, 6) is 0. The van der Waals surface area contributed by atoms with Crippen molar-refractivity contribution in [3.8, 4) is 0 Å². The molecule has 0 radical (unpaired) electrons. The van der Waals surface area contributed by atoms with Crippen molar-refractivity contribution in [2.75, 3.05) is 0 Å². The third-order valence-electron chi connectivity index (χ3n) is 1.41. The van der Waals surface area contributed by atoms with E-state index in [1.54, 1.807) is 0 Å². The number of pyridine rings is 1. The van der Waals surface area contributed by atoms with Crippen LogP contribution in [0.3, 0.4) is 0 Å². The van der Waals surface area contributed by atoms with Crippen LogP contribution in [-0.4, -0.2) is 16.3 Å². The summed E-state index contributed by atoms with van der Waals surface area (Å²) in [6.07, 6.45) is -5.07. The van der Waals surface area contributed by atoms with Gasteiger partial charge in [-0.15, -0.1) is 0 Å². The van der Waals surface area contributed by atoms with Crippen LogP contribution in [0, 0.1) is 0 Å². The van der Waals surface area contributed by atoms with E-state index in [1.165, 1.54) is 0 Å². The first-order valence-corrected chi connectivity index (χ1v) is 3.65. The number of aromatic nitrogens is 1. The predicted octanol–water partition coefficient (Wildman–Crippen LogP) is 2.33. The number of rotatable bonds is 1. The fraction of sp³-hybridized carbons (Fsp3) is 0.286. The van der Waals surface area contributed by atoms with Gasteiger partial charge in [0.25, 0.3) is 0 Å².